The lowest BCUT2D eigenvalue weighted by Crippen LogP contribution is -2.27. The summed E-state index contributed by atoms with van der Waals surface area (Å²) >= 11 is 0. The molecule has 0 aliphatic heterocycles. The van der Waals surface area contributed by atoms with Crippen molar-refractivity contribution in [3.05, 3.63) is 89.0 Å². The van der Waals surface area contributed by atoms with E-state index in [0.29, 0.717) is 11.3 Å². The lowest BCUT2D eigenvalue weighted by molar-refractivity contribution is 0.0939. The molecule has 1 atom stereocenters. The highest BCUT2D eigenvalue weighted by atomic mass is 32.2. The molecular formula is C23H24N2O4S. The van der Waals surface area contributed by atoms with Gasteiger partial charge in [-0.2, -0.15) is 0 Å². The Hall–Kier alpha value is -3.32. The quantitative estimate of drug-likeness (QED) is 0.550. The summed E-state index contributed by atoms with van der Waals surface area (Å²) in [4.78, 5) is 12.8. The molecule has 1 amide bonds. The SMILES string of the molecule is Cc1cccc(NS(=O)(=O)c2ccc(C)c(C(=O)NC(C)c3cccc(O)c3)c2)c1. The number of nitrogens with one attached hydrogen (secondary N) is 2. The van der Waals surface area contributed by atoms with Crippen molar-refractivity contribution in [1.29, 1.82) is 0 Å². The Bertz CT molecular complexity index is 1190. The molecule has 0 aliphatic rings. The van der Waals surface area contributed by atoms with Crippen LogP contribution in [0.2, 0.25) is 0 Å². The van der Waals surface area contributed by atoms with E-state index in [-0.39, 0.29) is 22.3 Å². The molecule has 0 bridgehead atoms. The summed E-state index contributed by atoms with van der Waals surface area (Å²) in [6.07, 6.45) is 0. The first kappa shape index (κ1) is 21.4. The second-order valence-electron chi connectivity index (χ2n) is 7.24. The van der Waals surface area contributed by atoms with Crippen LogP contribution in [0.1, 0.15) is 40.0 Å². The van der Waals surface area contributed by atoms with Crippen LogP contribution < -0.4 is 10.0 Å². The largest absolute Gasteiger partial charge is 0.508 e. The molecule has 156 valence electrons. The van der Waals surface area contributed by atoms with Crippen molar-refractivity contribution >= 4 is 21.6 Å². The third-order valence-electron chi connectivity index (χ3n) is 4.75. The summed E-state index contributed by atoms with van der Waals surface area (Å²) in [6, 6.07) is 17.8. The fourth-order valence-electron chi connectivity index (χ4n) is 3.09. The van der Waals surface area contributed by atoms with E-state index in [1.165, 1.54) is 12.1 Å². The fraction of sp³-hybridized carbons (Fsp3) is 0.174. The first-order valence-electron chi connectivity index (χ1n) is 9.45. The number of sulfonamides is 1. The van der Waals surface area contributed by atoms with Crippen LogP contribution in [0.4, 0.5) is 5.69 Å². The topological polar surface area (TPSA) is 95.5 Å². The van der Waals surface area contributed by atoms with Crippen LogP contribution >= 0.6 is 0 Å². The number of phenols is 1. The van der Waals surface area contributed by atoms with Crippen LogP contribution in [0, 0.1) is 13.8 Å². The molecule has 0 fully saturated rings. The zero-order chi connectivity index (χ0) is 21.9. The molecule has 0 aliphatic carbocycles. The van der Waals surface area contributed by atoms with Crippen LogP contribution in [0.25, 0.3) is 0 Å². The number of anilines is 1. The molecule has 7 heteroatoms. The van der Waals surface area contributed by atoms with Crippen molar-refractivity contribution in [1.82, 2.24) is 5.32 Å². The Balaban J connectivity index is 1.84. The number of amides is 1. The molecule has 0 heterocycles. The van der Waals surface area contributed by atoms with Crippen LogP contribution in [0.3, 0.4) is 0 Å². The molecular weight excluding hydrogens is 400 g/mol. The number of benzene rings is 3. The summed E-state index contributed by atoms with van der Waals surface area (Å²) in [5.41, 5.74) is 3.06. The molecule has 0 radical (unpaired) electrons. The third kappa shape index (κ3) is 4.99. The minimum atomic E-state index is -3.85. The van der Waals surface area contributed by atoms with Gasteiger partial charge in [0.05, 0.1) is 10.9 Å². The molecule has 1 unspecified atom stereocenters. The van der Waals surface area contributed by atoms with Gasteiger partial charge in [0.25, 0.3) is 15.9 Å². The van der Waals surface area contributed by atoms with Gasteiger partial charge in [-0.25, -0.2) is 8.42 Å². The number of phenolic OH excluding ortho intramolecular Hbond substituents is 1. The predicted octanol–water partition coefficient (Wildman–Crippen LogP) is 4.30. The van der Waals surface area contributed by atoms with E-state index in [9.17, 15) is 18.3 Å². The van der Waals surface area contributed by atoms with E-state index in [4.69, 9.17) is 0 Å². The molecule has 0 saturated heterocycles. The molecule has 30 heavy (non-hydrogen) atoms. The summed E-state index contributed by atoms with van der Waals surface area (Å²) in [5.74, 6) is -0.281. The maximum atomic E-state index is 12.8. The average molecular weight is 425 g/mol. The molecule has 6 nitrogen and oxygen atoms in total. The van der Waals surface area contributed by atoms with Crippen LogP contribution in [-0.4, -0.2) is 19.4 Å². The normalized spacial score (nSPS) is 12.2. The number of hydrogen-bond acceptors (Lipinski definition) is 4. The van der Waals surface area contributed by atoms with Gasteiger partial charge in [-0.1, -0.05) is 30.3 Å². The smallest absolute Gasteiger partial charge is 0.261 e. The summed E-state index contributed by atoms with van der Waals surface area (Å²) < 4.78 is 28.2. The maximum absolute atomic E-state index is 12.8. The Kier molecular flexibility index (Phi) is 6.12. The lowest BCUT2D eigenvalue weighted by atomic mass is 10.1. The number of carbonyl (C=O) groups excluding carboxylic acids is 1. The highest BCUT2D eigenvalue weighted by Crippen LogP contribution is 2.22. The van der Waals surface area contributed by atoms with Gasteiger partial charge in [0.2, 0.25) is 0 Å². The van der Waals surface area contributed by atoms with Crippen molar-refractivity contribution < 1.29 is 18.3 Å². The van der Waals surface area contributed by atoms with Gasteiger partial charge in [-0.3, -0.25) is 9.52 Å². The summed E-state index contributed by atoms with van der Waals surface area (Å²) in [7, 11) is -3.85. The number of aromatic hydroxyl groups is 1. The molecule has 0 saturated carbocycles. The van der Waals surface area contributed by atoms with E-state index in [2.05, 4.69) is 10.0 Å². The third-order valence-corrected chi connectivity index (χ3v) is 6.13. The molecule has 3 aromatic rings. The number of hydrogen-bond donors (Lipinski definition) is 3. The van der Waals surface area contributed by atoms with Gasteiger partial charge in [-0.15, -0.1) is 0 Å². The second kappa shape index (κ2) is 8.59. The number of aryl methyl sites for hydroxylation is 2. The van der Waals surface area contributed by atoms with Gasteiger partial charge in [0.15, 0.2) is 0 Å². The van der Waals surface area contributed by atoms with E-state index < -0.39 is 15.9 Å². The number of carbonyl (C=O) groups is 1. The zero-order valence-corrected chi connectivity index (χ0v) is 17.8. The molecule has 0 aromatic heterocycles. The van der Waals surface area contributed by atoms with Crippen LogP contribution in [0.15, 0.2) is 71.6 Å². The van der Waals surface area contributed by atoms with E-state index in [1.54, 1.807) is 62.4 Å². The molecule has 3 rings (SSSR count). The van der Waals surface area contributed by atoms with Crippen molar-refractivity contribution in [3.63, 3.8) is 0 Å². The number of rotatable bonds is 6. The highest BCUT2D eigenvalue weighted by Gasteiger charge is 2.20. The van der Waals surface area contributed by atoms with E-state index >= 15 is 0 Å². The molecule has 3 N–H and O–H groups in total. The second-order valence-corrected chi connectivity index (χ2v) is 8.92. The Morgan fingerprint density at radius 3 is 2.40 bits per heavy atom. The Morgan fingerprint density at radius 1 is 0.967 bits per heavy atom. The monoisotopic (exact) mass is 424 g/mol. The predicted molar refractivity (Wildman–Crippen MR) is 117 cm³/mol. The van der Waals surface area contributed by atoms with Gasteiger partial charge in [0, 0.05) is 11.3 Å². The fourth-order valence-corrected chi connectivity index (χ4v) is 4.16. The van der Waals surface area contributed by atoms with E-state index in [0.717, 1.165) is 11.1 Å². The summed E-state index contributed by atoms with van der Waals surface area (Å²) in [6.45, 7) is 5.42. The van der Waals surface area contributed by atoms with Crippen molar-refractivity contribution in [2.75, 3.05) is 4.72 Å². The van der Waals surface area contributed by atoms with Crippen molar-refractivity contribution in [3.8, 4) is 5.75 Å². The molecule has 0 spiro atoms. The standard InChI is InChI=1S/C23H24N2O4S/c1-15-6-4-8-19(12-15)25-30(28,29)21-11-10-16(2)22(14-21)23(27)24-17(3)18-7-5-9-20(26)13-18/h4-14,17,25-26H,1-3H3,(H,24,27). The average Bonchev–Trinajstić information content (AvgIpc) is 2.67. The first-order chi connectivity index (χ1) is 14.2. The highest BCUT2D eigenvalue weighted by molar-refractivity contribution is 7.92. The van der Waals surface area contributed by atoms with Gasteiger partial charge >= 0.3 is 0 Å². The lowest BCUT2D eigenvalue weighted by Gasteiger charge is -2.16. The zero-order valence-electron chi connectivity index (χ0n) is 17.0. The van der Waals surface area contributed by atoms with Gasteiger partial charge < -0.3 is 10.4 Å². The first-order valence-corrected chi connectivity index (χ1v) is 10.9. The molecule has 3 aromatic carbocycles. The Morgan fingerprint density at radius 2 is 1.70 bits per heavy atom. The maximum Gasteiger partial charge on any atom is 0.261 e. The van der Waals surface area contributed by atoms with Crippen molar-refractivity contribution in [2.45, 2.75) is 31.7 Å². The van der Waals surface area contributed by atoms with E-state index in [1.807, 2.05) is 13.0 Å². The minimum Gasteiger partial charge on any atom is -0.508 e. The summed E-state index contributed by atoms with van der Waals surface area (Å²) in [5, 5.41) is 12.5. The Labute approximate surface area is 176 Å². The van der Waals surface area contributed by atoms with Crippen LogP contribution in [0.5, 0.6) is 5.75 Å². The minimum absolute atomic E-state index is 0.00441. The van der Waals surface area contributed by atoms with Gasteiger partial charge in [-0.05, 0) is 73.9 Å². The van der Waals surface area contributed by atoms with Gasteiger partial charge in [0.1, 0.15) is 5.75 Å². The van der Waals surface area contributed by atoms with Crippen LogP contribution in [-0.2, 0) is 10.0 Å². The van der Waals surface area contributed by atoms with Crippen molar-refractivity contribution in [2.24, 2.45) is 0 Å².